The number of benzene rings is 2. The maximum Gasteiger partial charge on any atom is 0.238 e. The molecule has 2 N–H and O–H groups in total. The molecule has 2 amide bonds. The van der Waals surface area contributed by atoms with E-state index in [-0.39, 0.29) is 30.3 Å². The monoisotopic (exact) mass is 429 g/mol. The number of amides is 2. The van der Waals surface area contributed by atoms with Crippen LogP contribution in [0.1, 0.15) is 24.8 Å². The fraction of sp³-hybridized carbons (Fsp3) is 0.391. The third-order valence-corrected chi connectivity index (χ3v) is 5.82. The molecule has 3 rings (SSSR count). The number of likely N-dealkylation sites (N-methyl/N-ethyl adjacent to an activating group) is 1. The zero-order valence-electron chi connectivity index (χ0n) is 17.4. The van der Waals surface area contributed by atoms with Crippen molar-refractivity contribution in [1.82, 2.24) is 10.2 Å². The fourth-order valence-electron chi connectivity index (χ4n) is 3.80. The van der Waals surface area contributed by atoms with Crippen LogP contribution in [0.15, 0.2) is 48.5 Å². The van der Waals surface area contributed by atoms with Crippen molar-refractivity contribution in [2.45, 2.75) is 24.7 Å². The summed E-state index contributed by atoms with van der Waals surface area (Å²) in [5.41, 5.74) is 1.82. The second-order valence-electron chi connectivity index (χ2n) is 7.84. The lowest BCUT2D eigenvalue weighted by Crippen LogP contribution is -2.48. The highest BCUT2D eigenvalue weighted by atomic mass is 35.5. The summed E-state index contributed by atoms with van der Waals surface area (Å²) in [6.07, 6.45) is 3.34. The molecule has 0 atom stereocenters. The molecule has 1 aliphatic carbocycles. The molecule has 0 heterocycles. The van der Waals surface area contributed by atoms with Gasteiger partial charge in [0.2, 0.25) is 11.8 Å². The Morgan fingerprint density at radius 2 is 1.80 bits per heavy atom. The van der Waals surface area contributed by atoms with Crippen molar-refractivity contribution in [2.24, 2.45) is 0 Å². The van der Waals surface area contributed by atoms with Gasteiger partial charge in [0.1, 0.15) is 5.75 Å². The molecular weight excluding hydrogens is 402 g/mol. The lowest BCUT2D eigenvalue weighted by Gasteiger charge is -2.42. The number of hydrogen-bond acceptors (Lipinski definition) is 4. The zero-order valence-corrected chi connectivity index (χ0v) is 18.2. The number of rotatable bonds is 9. The first-order chi connectivity index (χ1) is 14.4. The second-order valence-corrected chi connectivity index (χ2v) is 8.28. The largest absolute Gasteiger partial charge is 0.495 e. The van der Waals surface area contributed by atoms with Gasteiger partial charge in [-0.15, -0.1) is 0 Å². The molecule has 160 valence electrons. The number of methoxy groups -OCH3 is 1. The van der Waals surface area contributed by atoms with Gasteiger partial charge >= 0.3 is 0 Å². The van der Waals surface area contributed by atoms with E-state index in [9.17, 15) is 9.59 Å². The van der Waals surface area contributed by atoms with Crippen LogP contribution < -0.4 is 15.4 Å². The SMILES string of the molecule is COc1ccc(Cl)cc1NC(=O)CN(C)CC(=O)NCC1(c2ccccc2)CCC1. The maximum absolute atomic E-state index is 12.4. The Morgan fingerprint density at radius 3 is 2.43 bits per heavy atom. The lowest BCUT2D eigenvalue weighted by molar-refractivity contribution is -0.123. The minimum Gasteiger partial charge on any atom is -0.495 e. The number of carbonyl (C=O) groups is 2. The summed E-state index contributed by atoms with van der Waals surface area (Å²) in [5.74, 6) is 0.193. The van der Waals surface area contributed by atoms with E-state index in [0.29, 0.717) is 23.0 Å². The minimum absolute atomic E-state index is 0.0377. The number of anilines is 1. The Labute approximate surface area is 182 Å². The van der Waals surface area contributed by atoms with Gasteiger partial charge in [0.05, 0.1) is 25.9 Å². The number of nitrogens with zero attached hydrogens (tertiary/aromatic N) is 1. The highest BCUT2D eigenvalue weighted by molar-refractivity contribution is 6.31. The van der Waals surface area contributed by atoms with Crippen molar-refractivity contribution in [3.63, 3.8) is 0 Å². The van der Waals surface area contributed by atoms with Crippen molar-refractivity contribution in [1.29, 1.82) is 0 Å². The van der Waals surface area contributed by atoms with E-state index in [1.165, 1.54) is 19.1 Å². The quantitative estimate of drug-likeness (QED) is 0.640. The normalized spacial score (nSPS) is 14.7. The number of hydrogen-bond donors (Lipinski definition) is 2. The molecule has 2 aromatic carbocycles. The van der Waals surface area contributed by atoms with Crippen LogP contribution in [0.2, 0.25) is 5.02 Å². The molecule has 1 aliphatic rings. The van der Waals surface area contributed by atoms with Gasteiger partial charge < -0.3 is 15.4 Å². The standard InChI is InChI=1S/C23H28ClN3O3/c1-27(15-22(29)26-19-13-18(24)9-10-20(19)30-2)14-21(28)25-16-23(11-6-12-23)17-7-4-3-5-8-17/h3-5,7-10,13H,6,11-12,14-16H2,1-2H3,(H,25,28)(H,26,29). The Balaban J connectivity index is 1.48. The Hall–Kier alpha value is -2.57. The number of ether oxygens (including phenoxy) is 1. The van der Waals surface area contributed by atoms with Crippen LogP contribution in [0.4, 0.5) is 5.69 Å². The summed E-state index contributed by atoms with van der Waals surface area (Å²) < 4.78 is 5.24. The van der Waals surface area contributed by atoms with E-state index < -0.39 is 0 Å². The van der Waals surface area contributed by atoms with Crippen molar-refractivity contribution in [3.8, 4) is 5.75 Å². The van der Waals surface area contributed by atoms with Gasteiger partial charge in [0.15, 0.2) is 0 Å². The summed E-state index contributed by atoms with van der Waals surface area (Å²) >= 11 is 5.99. The van der Waals surface area contributed by atoms with Gasteiger partial charge in [-0.1, -0.05) is 48.4 Å². The van der Waals surface area contributed by atoms with Crippen LogP contribution in [-0.4, -0.2) is 50.5 Å². The molecular formula is C23H28ClN3O3. The van der Waals surface area contributed by atoms with Crippen LogP contribution in [0.3, 0.4) is 0 Å². The molecule has 2 aromatic rings. The summed E-state index contributed by atoms with van der Waals surface area (Å²) in [5, 5.41) is 6.34. The zero-order chi connectivity index (χ0) is 21.6. The van der Waals surface area contributed by atoms with Crippen LogP contribution in [-0.2, 0) is 15.0 Å². The molecule has 7 heteroatoms. The molecule has 0 aliphatic heterocycles. The van der Waals surface area contributed by atoms with Gasteiger partial charge in [-0.3, -0.25) is 14.5 Å². The first-order valence-electron chi connectivity index (χ1n) is 10.1. The topological polar surface area (TPSA) is 70.7 Å². The predicted molar refractivity (Wildman–Crippen MR) is 119 cm³/mol. The Bertz CT molecular complexity index is 885. The molecule has 0 radical (unpaired) electrons. The summed E-state index contributed by atoms with van der Waals surface area (Å²) in [7, 11) is 3.27. The first-order valence-corrected chi connectivity index (χ1v) is 10.4. The van der Waals surface area contributed by atoms with Crippen molar-refractivity contribution >= 4 is 29.1 Å². The molecule has 1 fully saturated rings. The third kappa shape index (κ3) is 5.52. The Kier molecular flexibility index (Phi) is 7.34. The predicted octanol–water partition coefficient (Wildman–Crippen LogP) is 3.46. The van der Waals surface area contributed by atoms with Crippen molar-refractivity contribution in [3.05, 3.63) is 59.1 Å². The molecule has 0 spiro atoms. The smallest absolute Gasteiger partial charge is 0.238 e. The minimum atomic E-state index is -0.245. The van der Waals surface area contributed by atoms with Crippen LogP contribution >= 0.6 is 11.6 Å². The van der Waals surface area contributed by atoms with Crippen LogP contribution in [0.25, 0.3) is 0 Å². The van der Waals surface area contributed by atoms with Crippen LogP contribution in [0, 0.1) is 0 Å². The maximum atomic E-state index is 12.4. The van der Waals surface area contributed by atoms with E-state index in [1.807, 2.05) is 18.2 Å². The average Bonchev–Trinajstić information content (AvgIpc) is 2.68. The summed E-state index contributed by atoms with van der Waals surface area (Å²) in [6, 6.07) is 15.4. The Morgan fingerprint density at radius 1 is 1.10 bits per heavy atom. The van der Waals surface area contributed by atoms with Crippen molar-refractivity contribution < 1.29 is 14.3 Å². The summed E-state index contributed by atoms with van der Waals surface area (Å²) in [6.45, 7) is 0.841. The number of halogens is 1. The van der Waals surface area contributed by atoms with Crippen LogP contribution in [0.5, 0.6) is 5.75 Å². The van der Waals surface area contributed by atoms with Gasteiger partial charge in [0, 0.05) is 17.0 Å². The molecule has 0 saturated heterocycles. The fourth-order valence-corrected chi connectivity index (χ4v) is 3.97. The molecule has 30 heavy (non-hydrogen) atoms. The highest BCUT2D eigenvalue weighted by Crippen LogP contribution is 2.43. The second kappa shape index (κ2) is 9.96. The van der Waals surface area contributed by atoms with Crippen molar-refractivity contribution in [2.75, 3.05) is 39.1 Å². The number of carbonyl (C=O) groups excluding carboxylic acids is 2. The van der Waals surface area contributed by atoms with E-state index >= 15 is 0 Å². The molecule has 0 bridgehead atoms. The highest BCUT2D eigenvalue weighted by Gasteiger charge is 2.38. The molecule has 1 saturated carbocycles. The average molecular weight is 430 g/mol. The van der Waals surface area contributed by atoms with E-state index in [4.69, 9.17) is 16.3 Å². The molecule has 0 unspecified atom stereocenters. The molecule has 0 aromatic heterocycles. The van der Waals surface area contributed by atoms with Gasteiger partial charge in [-0.25, -0.2) is 0 Å². The van der Waals surface area contributed by atoms with E-state index in [1.54, 1.807) is 30.1 Å². The summed E-state index contributed by atoms with van der Waals surface area (Å²) in [4.78, 5) is 26.5. The van der Waals surface area contributed by atoms with Gasteiger partial charge in [-0.2, -0.15) is 0 Å². The third-order valence-electron chi connectivity index (χ3n) is 5.58. The van der Waals surface area contributed by atoms with Gasteiger partial charge in [-0.05, 0) is 43.7 Å². The lowest BCUT2D eigenvalue weighted by atomic mass is 9.64. The van der Waals surface area contributed by atoms with E-state index in [0.717, 1.165) is 12.8 Å². The first kappa shape index (κ1) is 22.1. The van der Waals surface area contributed by atoms with E-state index in [2.05, 4.69) is 22.8 Å². The van der Waals surface area contributed by atoms with Gasteiger partial charge in [0.25, 0.3) is 0 Å². The molecule has 6 nitrogen and oxygen atoms in total. The number of nitrogens with one attached hydrogen (secondary N) is 2.